The smallest absolute Gasteiger partial charge is 0.325 e. The summed E-state index contributed by atoms with van der Waals surface area (Å²) in [7, 11) is 0. The minimum atomic E-state index is -0.248. The van der Waals surface area contributed by atoms with Gasteiger partial charge in [-0.1, -0.05) is 24.9 Å². The topological polar surface area (TPSA) is 65.6 Å². The van der Waals surface area contributed by atoms with E-state index in [1.807, 2.05) is 16.8 Å². The Kier molecular flexibility index (Phi) is 7.20. The predicted molar refractivity (Wildman–Crippen MR) is 109 cm³/mol. The van der Waals surface area contributed by atoms with E-state index in [9.17, 15) is 9.59 Å². The van der Waals surface area contributed by atoms with Crippen molar-refractivity contribution in [3.05, 3.63) is 37.7 Å². The molecule has 1 aliphatic heterocycles. The highest BCUT2D eigenvalue weighted by atomic mass is 35.5. The zero-order chi connectivity index (χ0) is 19.2. The molecule has 0 amide bonds. The lowest BCUT2D eigenvalue weighted by Gasteiger charge is -2.15. The summed E-state index contributed by atoms with van der Waals surface area (Å²) < 4.78 is 8.87. The number of fused-ring (bicyclic) bond motifs is 1. The van der Waals surface area contributed by atoms with Crippen LogP contribution in [0.1, 0.15) is 32.6 Å². The number of thioether (sulfide) groups is 1. The third-order valence-electron chi connectivity index (χ3n) is 4.14. The third-order valence-corrected chi connectivity index (χ3v) is 6.48. The van der Waals surface area contributed by atoms with Gasteiger partial charge in [-0.3, -0.25) is 14.3 Å². The lowest BCUT2D eigenvalue weighted by atomic mass is 10.3. The molecule has 0 radical (unpaired) electrons. The summed E-state index contributed by atoms with van der Waals surface area (Å²) in [4.78, 5) is 30.0. The van der Waals surface area contributed by atoms with Gasteiger partial charge in [0.1, 0.15) is 0 Å². The van der Waals surface area contributed by atoms with Gasteiger partial charge < -0.3 is 4.74 Å². The fourth-order valence-electron chi connectivity index (χ4n) is 2.71. The number of unbranched alkanes of at least 4 members (excludes halogenated alkanes) is 1. The van der Waals surface area contributed by atoms with Gasteiger partial charge in [-0.2, -0.15) is 0 Å². The van der Waals surface area contributed by atoms with Crippen LogP contribution in [0.3, 0.4) is 0 Å². The third kappa shape index (κ3) is 5.27. The SMILES string of the molecule is CCCCOC(=O)CSc1cc(/N=c2\sc(=O)n3n2CCCC3)ccc1Cl. The lowest BCUT2D eigenvalue weighted by Crippen LogP contribution is -2.31. The standard InChI is InChI=1S/C18H22ClN3O3S2/c1-2-3-10-25-16(23)12-26-15-11-13(6-7-14(15)19)20-17-21-8-4-5-9-22(21)18(24)27-17/h6-7,11H,2-5,8-10,12H2,1H3/b20-17-. The zero-order valence-electron chi connectivity index (χ0n) is 15.1. The largest absolute Gasteiger partial charge is 0.465 e. The van der Waals surface area contributed by atoms with Crippen LogP contribution >= 0.6 is 34.7 Å². The monoisotopic (exact) mass is 427 g/mol. The molecule has 3 rings (SSSR count). The van der Waals surface area contributed by atoms with Crippen LogP contribution in [0.25, 0.3) is 0 Å². The Bertz CT molecular complexity index is 933. The summed E-state index contributed by atoms with van der Waals surface area (Å²) >= 11 is 8.75. The first kappa shape index (κ1) is 20.2. The summed E-state index contributed by atoms with van der Waals surface area (Å²) in [5, 5.41) is 0.569. The van der Waals surface area contributed by atoms with Gasteiger partial charge in [0, 0.05) is 18.0 Å². The van der Waals surface area contributed by atoms with Gasteiger partial charge in [-0.25, -0.2) is 9.67 Å². The zero-order valence-corrected chi connectivity index (χ0v) is 17.5. The molecular formula is C18H22ClN3O3S2. The first-order valence-corrected chi connectivity index (χ1v) is 11.2. The molecular weight excluding hydrogens is 406 g/mol. The van der Waals surface area contributed by atoms with Crippen molar-refractivity contribution in [2.24, 2.45) is 4.99 Å². The Hall–Kier alpha value is -1.51. The molecule has 0 saturated carbocycles. The van der Waals surface area contributed by atoms with E-state index in [1.54, 1.807) is 10.7 Å². The fraction of sp³-hybridized carbons (Fsp3) is 0.500. The summed E-state index contributed by atoms with van der Waals surface area (Å²) in [6.07, 6.45) is 3.93. The van der Waals surface area contributed by atoms with Gasteiger partial charge in [0.2, 0.25) is 4.80 Å². The number of carbonyl (C=O) groups excluding carboxylic acids is 1. The average Bonchev–Trinajstić information content (AvgIpc) is 2.98. The van der Waals surface area contributed by atoms with Crippen LogP contribution in [0.15, 0.2) is 32.9 Å². The number of halogens is 1. The second-order valence-corrected chi connectivity index (χ2v) is 8.54. The van der Waals surface area contributed by atoms with Crippen molar-refractivity contribution in [1.29, 1.82) is 0 Å². The Balaban J connectivity index is 1.76. The van der Waals surface area contributed by atoms with Crippen molar-refractivity contribution in [2.45, 2.75) is 50.6 Å². The summed E-state index contributed by atoms with van der Waals surface area (Å²) in [5.41, 5.74) is 0.712. The molecule has 0 saturated heterocycles. The van der Waals surface area contributed by atoms with Gasteiger partial charge in [0.05, 0.1) is 23.1 Å². The molecule has 6 nitrogen and oxygen atoms in total. The number of aromatic nitrogens is 2. The van der Waals surface area contributed by atoms with Gasteiger partial charge >= 0.3 is 10.8 Å². The maximum atomic E-state index is 12.1. The molecule has 27 heavy (non-hydrogen) atoms. The molecule has 0 unspecified atom stereocenters. The molecule has 0 N–H and O–H groups in total. The first-order valence-electron chi connectivity index (χ1n) is 9.02. The number of hydrogen-bond donors (Lipinski definition) is 0. The van der Waals surface area contributed by atoms with Crippen LogP contribution in [-0.2, 0) is 22.6 Å². The van der Waals surface area contributed by atoms with Crippen LogP contribution in [0, 0.1) is 0 Å². The van der Waals surface area contributed by atoms with Crippen LogP contribution < -0.4 is 9.67 Å². The van der Waals surface area contributed by atoms with E-state index in [0.717, 1.165) is 55.0 Å². The van der Waals surface area contributed by atoms with Crippen molar-refractivity contribution >= 4 is 46.4 Å². The first-order chi connectivity index (χ1) is 13.1. The van der Waals surface area contributed by atoms with E-state index in [2.05, 4.69) is 11.9 Å². The van der Waals surface area contributed by atoms with Crippen molar-refractivity contribution < 1.29 is 9.53 Å². The molecule has 9 heteroatoms. The van der Waals surface area contributed by atoms with E-state index < -0.39 is 0 Å². The van der Waals surface area contributed by atoms with Crippen molar-refractivity contribution in [1.82, 2.24) is 9.36 Å². The highest BCUT2D eigenvalue weighted by molar-refractivity contribution is 8.00. The van der Waals surface area contributed by atoms with Crippen molar-refractivity contribution in [3.63, 3.8) is 0 Å². The highest BCUT2D eigenvalue weighted by Crippen LogP contribution is 2.31. The number of hydrogen-bond acceptors (Lipinski definition) is 6. The second-order valence-electron chi connectivity index (χ2n) is 6.19. The van der Waals surface area contributed by atoms with Gasteiger partial charge in [-0.05, 0) is 48.8 Å². The summed E-state index contributed by atoms with van der Waals surface area (Å²) in [6, 6.07) is 5.43. The van der Waals surface area contributed by atoms with Crippen LogP contribution in [0.2, 0.25) is 5.02 Å². The van der Waals surface area contributed by atoms with E-state index in [1.165, 1.54) is 11.8 Å². The molecule has 0 fully saturated rings. The van der Waals surface area contributed by atoms with E-state index in [4.69, 9.17) is 16.3 Å². The number of nitrogens with zero attached hydrogens (tertiary/aromatic N) is 3. The van der Waals surface area contributed by atoms with Gasteiger partial charge in [0.25, 0.3) is 0 Å². The highest BCUT2D eigenvalue weighted by Gasteiger charge is 2.13. The average molecular weight is 428 g/mol. The molecule has 1 aliphatic rings. The van der Waals surface area contributed by atoms with E-state index >= 15 is 0 Å². The molecule has 2 heterocycles. The maximum Gasteiger partial charge on any atom is 0.325 e. The van der Waals surface area contributed by atoms with E-state index in [-0.39, 0.29) is 16.6 Å². The lowest BCUT2D eigenvalue weighted by molar-refractivity contribution is -0.140. The summed E-state index contributed by atoms with van der Waals surface area (Å²) in [5.74, 6) is -0.0431. The Morgan fingerprint density at radius 2 is 2.11 bits per heavy atom. The maximum absolute atomic E-state index is 12.1. The Morgan fingerprint density at radius 1 is 1.33 bits per heavy atom. The Morgan fingerprint density at radius 3 is 2.89 bits per heavy atom. The molecule has 2 aromatic rings. The van der Waals surface area contributed by atoms with Crippen LogP contribution in [-0.4, -0.2) is 27.7 Å². The normalized spacial score (nSPS) is 14.2. The predicted octanol–water partition coefficient (Wildman–Crippen LogP) is 3.83. The summed E-state index contributed by atoms with van der Waals surface area (Å²) in [6.45, 7) is 4.05. The minimum Gasteiger partial charge on any atom is -0.465 e. The molecule has 0 spiro atoms. The molecule has 1 aromatic heterocycles. The van der Waals surface area contributed by atoms with Crippen LogP contribution in [0.5, 0.6) is 0 Å². The number of benzene rings is 1. The molecule has 0 atom stereocenters. The van der Waals surface area contributed by atoms with Crippen LogP contribution in [0.4, 0.5) is 5.69 Å². The number of carbonyl (C=O) groups is 1. The minimum absolute atomic E-state index is 0.0202. The van der Waals surface area contributed by atoms with E-state index in [0.29, 0.717) is 22.1 Å². The number of esters is 1. The fourth-order valence-corrected chi connectivity index (χ4v) is 4.65. The molecule has 146 valence electrons. The van der Waals surface area contributed by atoms with Crippen molar-refractivity contribution in [3.8, 4) is 0 Å². The molecule has 0 aliphatic carbocycles. The van der Waals surface area contributed by atoms with Crippen molar-refractivity contribution in [2.75, 3.05) is 12.4 Å². The number of ether oxygens (including phenoxy) is 1. The van der Waals surface area contributed by atoms with Gasteiger partial charge in [-0.15, -0.1) is 11.8 Å². The molecule has 1 aromatic carbocycles. The number of rotatable bonds is 7. The molecule has 0 bridgehead atoms. The second kappa shape index (κ2) is 9.61. The quantitative estimate of drug-likeness (QED) is 0.382. The Labute approximate surface area is 170 Å². The van der Waals surface area contributed by atoms with Gasteiger partial charge in [0.15, 0.2) is 0 Å².